The van der Waals surface area contributed by atoms with E-state index in [0.29, 0.717) is 19.5 Å². The average molecular weight is 355 g/mol. The number of nitrogens with zero attached hydrogens (tertiary/aromatic N) is 1. The average Bonchev–Trinajstić information content (AvgIpc) is 2.87. The van der Waals surface area contributed by atoms with Crippen LogP contribution >= 0.6 is 23.2 Å². The fraction of sp³-hybridized carbons (Fsp3) is 0.538. The van der Waals surface area contributed by atoms with Crippen molar-refractivity contribution >= 4 is 33.2 Å². The molecule has 0 bridgehead atoms. The molecule has 2 rings (SSSR count). The molecule has 0 spiro atoms. The first-order chi connectivity index (χ1) is 9.87. The molecule has 0 aromatic heterocycles. The molecule has 0 amide bonds. The van der Waals surface area contributed by atoms with E-state index >= 15 is 0 Å². The van der Waals surface area contributed by atoms with Gasteiger partial charge < -0.3 is 5.32 Å². The zero-order chi connectivity index (χ0) is 15.6. The van der Waals surface area contributed by atoms with Crippen molar-refractivity contribution in [2.75, 3.05) is 19.6 Å². The highest BCUT2D eigenvalue weighted by atomic mass is 35.5. The van der Waals surface area contributed by atoms with E-state index in [1.54, 1.807) is 0 Å². The SMILES string of the molecule is CCCN(C1CCNC1)S(=O)(=O)c1c(Cl)cc(F)cc1Cl. The second-order valence-electron chi connectivity index (χ2n) is 4.96. The number of hydrogen-bond donors (Lipinski definition) is 1. The number of sulfonamides is 1. The Bertz CT molecular complexity index is 596. The van der Waals surface area contributed by atoms with Crippen molar-refractivity contribution in [2.24, 2.45) is 0 Å². The third-order valence-corrected chi connectivity index (χ3v) is 6.29. The summed E-state index contributed by atoms with van der Waals surface area (Å²) in [5.74, 6) is -0.659. The van der Waals surface area contributed by atoms with Crippen molar-refractivity contribution < 1.29 is 12.8 Å². The highest BCUT2D eigenvalue weighted by Crippen LogP contribution is 2.34. The van der Waals surface area contributed by atoms with Crippen LogP contribution in [0.4, 0.5) is 4.39 Å². The van der Waals surface area contributed by atoms with E-state index in [-0.39, 0.29) is 21.0 Å². The molecule has 4 nitrogen and oxygen atoms in total. The first-order valence-electron chi connectivity index (χ1n) is 6.75. The van der Waals surface area contributed by atoms with Gasteiger partial charge in [0.25, 0.3) is 0 Å². The zero-order valence-electron chi connectivity index (χ0n) is 11.6. The molecule has 21 heavy (non-hydrogen) atoms. The van der Waals surface area contributed by atoms with Crippen molar-refractivity contribution in [3.63, 3.8) is 0 Å². The summed E-state index contributed by atoms with van der Waals surface area (Å²) in [5, 5.41) is 2.77. The lowest BCUT2D eigenvalue weighted by atomic mass is 10.2. The van der Waals surface area contributed by atoms with Crippen molar-refractivity contribution in [1.82, 2.24) is 9.62 Å². The van der Waals surface area contributed by atoms with Crippen LogP contribution in [0.1, 0.15) is 19.8 Å². The minimum absolute atomic E-state index is 0.132. The van der Waals surface area contributed by atoms with Crippen LogP contribution < -0.4 is 5.32 Å². The second kappa shape index (κ2) is 6.79. The van der Waals surface area contributed by atoms with Crippen LogP contribution in [-0.4, -0.2) is 38.4 Å². The summed E-state index contributed by atoms with van der Waals surface area (Å²) in [7, 11) is -3.86. The Morgan fingerprint density at radius 3 is 2.48 bits per heavy atom. The Morgan fingerprint density at radius 2 is 2.00 bits per heavy atom. The van der Waals surface area contributed by atoms with Crippen LogP contribution in [0.15, 0.2) is 17.0 Å². The Labute approximate surface area is 134 Å². The summed E-state index contributed by atoms with van der Waals surface area (Å²) in [4.78, 5) is -0.215. The second-order valence-corrected chi connectivity index (χ2v) is 7.60. The van der Waals surface area contributed by atoms with Gasteiger partial charge in [-0.2, -0.15) is 4.31 Å². The number of nitrogens with one attached hydrogen (secondary N) is 1. The van der Waals surface area contributed by atoms with Gasteiger partial charge in [-0.3, -0.25) is 0 Å². The van der Waals surface area contributed by atoms with Crippen LogP contribution in [0, 0.1) is 5.82 Å². The Hall–Kier alpha value is -0.400. The molecule has 0 aliphatic carbocycles. The summed E-state index contributed by atoms with van der Waals surface area (Å²) in [6.07, 6.45) is 1.40. The first-order valence-corrected chi connectivity index (χ1v) is 8.94. The van der Waals surface area contributed by atoms with E-state index in [0.717, 1.165) is 25.1 Å². The lowest BCUT2D eigenvalue weighted by Crippen LogP contribution is -2.42. The van der Waals surface area contributed by atoms with E-state index in [1.807, 2.05) is 6.92 Å². The third-order valence-electron chi connectivity index (χ3n) is 3.42. The Morgan fingerprint density at radius 1 is 1.38 bits per heavy atom. The van der Waals surface area contributed by atoms with E-state index in [1.165, 1.54) is 4.31 Å². The fourth-order valence-corrected chi connectivity index (χ4v) is 5.38. The molecule has 1 unspecified atom stereocenters. The predicted octanol–water partition coefficient (Wildman–Crippen LogP) is 2.90. The molecule has 0 radical (unpaired) electrons. The minimum atomic E-state index is -3.86. The van der Waals surface area contributed by atoms with Gasteiger partial charge >= 0.3 is 0 Å². The molecule has 1 heterocycles. The molecule has 8 heteroatoms. The maximum absolute atomic E-state index is 13.3. The van der Waals surface area contributed by atoms with Gasteiger partial charge in [0.1, 0.15) is 10.7 Å². The minimum Gasteiger partial charge on any atom is -0.315 e. The molecule has 1 atom stereocenters. The van der Waals surface area contributed by atoms with Crippen molar-refractivity contribution in [1.29, 1.82) is 0 Å². The van der Waals surface area contributed by atoms with Gasteiger partial charge in [0.2, 0.25) is 10.0 Å². The standard InChI is InChI=1S/C13H17Cl2FN2O2S/c1-2-5-18(10-3-4-17-8-10)21(19,20)13-11(14)6-9(16)7-12(13)15/h6-7,10,17H,2-5,8H2,1H3. The molecule has 1 aliphatic heterocycles. The van der Waals surface area contributed by atoms with Crippen LogP contribution in [0.25, 0.3) is 0 Å². The monoisotopic (exact) mass is 354 g/mol. The maximum Gasteiger partial charge on any atom is 0.246 e. The van der Waals surface area contributed by atoms with Crippen molar-refractivity contribution in [3.05, 3.63) is 28.0 Å². The lowest BCUT2D eigenvalue weighted by molar-refractivity contribution is 0.335. The van der Waals surface area contributed by atoms with E-state index < -0.39 is 15.8 Å². The number of hydrogen-bond acceptors (Lipinski definition) is 3. The highest BCUT2D eigenvalue weighted by molar-refractivity contribution is 7.89. The van der Waals surface area contributed by atoms with E-state index in [9.17, 15) is 12.8 Å². The summed E-state index contributed by atoms with van der Waals surface area (Å²) in [6.45, 7) is 3.64. The fourth-order valence-electron chi connectivity index (χ4n) is 2.50. The molecule has 1 aromatic carbocycles. The largest absolute Gasteiger partial charge is 0.315 e. The molecule has 0 saturated carbocycles. The Kier molecular flexibility index (Phi) is 5.48. The zero-order valence-corrected chi connectivity index (χ0v) is 13.9. The summed E-state index contributed by atoms with van der Waals surface area (Å²) in [5.41, 5.74) is 0. The molecule has 1 aromatic rings. The molecule has 1 fully saturated rings. The van der Waals surface area contributed by atoms with Gasteiger partial charge in [-0.25, -0.2) is 12.8 Å². The maximum atomic E-state index is 13.3. The van der Waals surface area contributed by atoms with Gasteiger partial charge in [-0.1, -0.05) is 30.1 Å². The number of benzene rings is 1. The Balaban J connectivity index is 2.48. The molecule has 1 saturated heterocycles. The molecular weight excluding hydrogens is 338 g/mol. The predicted molar refractivity (Wildman–Crippen MR) is 81.9 cm³/mol. The van der Waals surface area contributed by atoms with Crippen molar-refractivity contribution in [3.8, 4) is 0 Å². The van der Waals surface area contributed by atoms with Crippen LogP contribution in [-0.2, 0) is 10.0 Å². The normalized spacial score (nSPS) is 19.4. The van der Waals surface area contributed by atoms with Gasteiger partial charge in [0, 0.05) is 19.1 Å². The third kappa shape index (κ3) is 3.51. The van der Waals surface area contributed by atoms with Crippen LogP contribution in [0.5, 0.6) is 0 Å². The van der Waals surface area contributed by atoms with Crippen molar-refractivity contribution in [2.45, 2.75) is 30.7 Å². The summed E-state index contributed by atoms with van der Waals surface area (Å²) < 4.78 is 40.4. The van der Waals surface area contributed by atoms with Gasteiger partial charge in [0.05, 0.1) is 10.0 Å². The molecular formula is C13H17Cl2FN2O2S. The van der Waals surface area contributed by atoms with Crippen LogP contribution in [0.2, 0.25) is 10.0 Å². The topological polar surface area (TPSA) is 49.4 Å². The van der Waals surface area contributed by atoms with Gasteiger partial charge in [-0.05, 0) is 31.5 Å². The lowest BCUT2D eigenvalue weighted by Gasteiger charge is -2.28. The number of halogens is 3. The highest BCUT2D eigenvalue weighted by Gasteiger charge is 2.35. The molecule has 1 N–H and O–H groups in total. The molecule has 118 valence electrons. The van der Waals surface area contributed by atoms with E-state index in [2.05, 4.69) is 5.32 Å². The van der Waals surface area contributed by atoms with Gasteiger partial charge in [-0.15, -0.1) is 0 Å². The summed E-state index contributed by atoms with van der Waals surface area (Å²) in [6, 6.07) is 1.81. The number of rotatable bonds is 5. The summed E-state index contributed by atoms with van der Waals surface area (Å²) >= 11 is 11.8. The van der Waals surface area contributed by atoms with Gasteiger partial charge in [0.15, 0.2) is 0 Å². The van der Waals surface area contributed by atoms with E-state index in [4.69, 9.17) is 23.2 Å². The quantitative estimate of drug-likeness (QED) is 0.884. The van der Waals surface area contributed by atoms with Crippen LogP contribution in [0.3, 0.4) is 0 Å². The first kappa shape index (κ1) is 17.0. The smallest absolute Gasteiger partial charge is 0.246 e. The molecule has 1 aliphatic rings.